The number of anilines is 1. The molecule has 100 valence electrons. The maximum absolute atomic E-state index is 12.2. The molecule has 1 aromatic carbocycles. The molecule has 19 heavy (non-hydrogen) atoms. The van der Waals surface area contributed by atoms with E-state index in [2.05, 4.69) is 16.4 Å². The molecule has 2 aromatic rings. The van der Waals surface area contributed by atoms with Gasteiger partial charge in [-0.05, 0) is 26.3 Å². The van der Waals surface area contributed by atoms with E-state index in [1.54, 1.807) is 6.92 Å². The monoisotopic (exact) mass is 275 g/mol. The van der Waals surface area contributed by atoms with Gasteiger partial charge in [-0.15, -0.1) is 0 Å². The molecule has 4 nitrogen and oxygen atoms in total. The molecule has 0 saturated carbocycles. The minimum absolute atomic E-state index is 0.0462. The molecule has 3 N–H and O–H groups in total. The average molecular weight is 275 g/mol. The van der Waals surface area contributed by atoms with Gasteiger partial charge in [0.25, 0.3) is 5.91 Å². The van der Waals surface area contributed by atoms with Crippen molar-refractivity contribution in [1.29, 1.82) is 0 Å². The van der Waals surface area contributed by atoms with Gasteiger partial charge >= 0.3 is 0 Å². The fraction of sp³-hybridized carbons (Fsp3) is 0.286. The van der Waals surface area contributed by atoms with Gasteiger partial charge in [-0.2, -0.15) is 0 Å². The van der Waals surface area contributed by atoms with E-state index >= 15 is 0 Å². The number of amides is 1. The Morgan fingerprint density at radius 1 is 1.42 bits per heavy atom. The van der Waals surface area contributed by atoms with Crippen molar-refractivity contribution >= 4 is 22.4 Å². The Hall–Kier alpha value is -1.88. The van der Waals surface area contributed by atoms with Gasteiger partial charge in [0.1, 0.15) is 4.88 Å². The number of nitrogen functional groups attached to an aromatic ring is 1. The first-order chi connectivity index (χ1) is 8.97. The van der Waals surface area contributed by atoms with Crippen LogP contribution >= 0.6 is 11.3 Å². The Labute approximate surface area is 116 Å². The summed E-state index contributed by atoms with van der Waals surface area (Å²) in [5.41, 5.74) is 8.55. The largest absolute Gasteiger partial charge is 0.375 e. The Morgan fingerprint density at radius 2 is 2.16 bits per heavy atom. The maximum atomic E-state index is 12.2. The average Bonchev–Trinajstić information content (AvgIpc) is 2.68. The number of hydrogen-bond donors (Lipinski definition) is 2. The van der Waals surface area contributed by atoms with Gasteiger partial charge in [0.2, 0.25) is 0 Å². The number of rotatable bonds is 3. The Kier molecular flexibility index (Phi) is 3.85. The van der Waals surface area contributed by atoms with Crippen LogP contribution in [0.25, 0.3) is 0 Å². The molecule has 1 heterocycles. The quantitative estimate of drug-likeness (QED) is 0.905. The van der Waals surface area contributed by atoms with Crippen LogP contribution in [0.4, 0.5) is 5.13 Å². The fourth-order valence-electron chi connectivity index (χ4n) is 1.91. The molecular formula is C14H17N3OS. The summed E-state index contributed by atoms with van der Waals surface area (Å²) in [6, 6.07) is 8.05. The molecule has 0 fully saturated rings. The third kappa shape index (κ3) is 3.12. The van der Waals surface area contributed by atoms with Gasteiger partial charge in [-0.3, -0.25) is 4.79 Å². The second-order valence-corrected chi connectivity index (χ2v) is 5.61. The second-order valence-electron chi connectivity index (χ2n) is 4.58. The van der Waals surface area contributed by atoms with E-state index in [1.807, 2.05) is 32.0 Å². The van der Waals surface area contributed by atoms with E-state index in [0.29, 0.717) is 15.7 Å². The number of nitrogens with two attached hydrogens (primary N) is 1. The number of hydrogen-bond acceptors (Lipinski definition) is 4. The van der Waals surface area contributed by atoms with Crippen molar-refractivity contribution in [2.45, 2.75) is 26.8 Å². The van der Waals surface area contributed by atoms with Crippen LogP contribution in [0.15, 0.2) is 24.3 Å². The number of nitrogens with zero attached hydrogens (tertiary/aromatic N) is 1. The Balaban J connectivity index is 2.13. The molecule has 0 unspecified atom stereocenters. The Bertz CT molecular complexity index is 606. The summed E-state index contributed by atoms with van der Waals surface area (Å²) in [5.74, 6) is -0.124. The normalized spacial score (nSPS) is 12.2. The van der Waals surface area contributed by atoms with Crippen LogP contribution in [-0.4, -0.2) is 10.9 Å². The maximum Gasteiger partial charge on any atom is 0.263 e. The van der Waals surface area contributed by atoms with Crippen LogP contribution in [0.2, 0.25) is 0 Å². The first-order valence-electron chi connectivity index (χ1n) is 6.07. The van der Waals surface area contributed by atoms with Crippen molar-refractivity contribution in [2.24, 2.45) is 0 Å². The van der Waals surface area contributed by atoms with Crippen LogP contribution in [0.3, 0.4) is 0 Å². The third-order valence-electron chi connectivity index (χ3n) is 2.91. The summed E-state index contributed by atoms with van der Waals surface area (Å²) < 4.78 is 0. The Morgan fingerprint density at radius 3 is 2.74 bits per heavy atom. The first-order valence-corrected chi connectivity index (χ1v) is 6.89. The number of carbonyl (C=O) groups is 1. The van der Waals surface area contributed by atoms with E-state index in [4.69, 9.17) is 5.73 Å². The van der Waals surface area contributed by atoms with E-state index in [1.165, 1.54) is 16.9 Å². The highest BCUT2D eigenvalue weighted by molar-refractivity contribution is 7.17. The number of benzene rings is 1. The second kappa shape index (κ2) is 5.40. The first kappa shape index (κ1) is 13.5. The number of aryl methyl sites for hydroxylation is 2. The number of thiazole rings is 1. The summed E-state index contributed by atoms with van der Waals surface area (Å²) in [4.78, 5) is 16.8. The molecule has 0 aliphatic carbocycles. The molecule has 0 radical (unpaired) electrons. The van der Waals surface area contributed by atoms with Gasteiger partial charge in [-0.1, -0.05) is 41.2 Å². The molecule has 0 bridgehead atoms. The van der Waals surface area contributed by atoms with Crippen LogP contribution in [-0.2, 0) is 0 Å². The van der Waals surface area contributed by atoms with Crippen LogP contribution in [0.5, 0.6) is 0 Å². The molecule has 0 spiro atoms. The van der Waals surface area contributed by atoms with E-state index in [0.717, 1.165) is 5.56 Å². The highest BCUT2D eigenvalue weighted by Gasteiger charge is 2.16. The molecule has 2 rings (SSSR count). The number of aromatic nitrogens is 1. The molecule has 1 atom stereocenters. The van der Waals surface area contributed by atoms with Crippen molar-refractivity contribution in [3.8, 4) is 0 Å². The van der Waals surface area contributed by atoms with Gasteiger partial charge in [0.15, 0.2) is 5.13 Å². The van der Waals surface area contributed by atoms with Crippen molar-refractivity contribution in [3.05, 3.63) is 46.0 Å². The molecule has 1 amide bonds. The fourth-order valence-corrected chi connectivity index (χ4v) is 2.65. The number of nitrogens with one attached hydrogen (secondary N) is 1. The van der Waals surface area contributed by atoms with Crippen LogP contribution in [0, 0.1) is 13.8 Å². The molecule has 0 aliphatic rings. The molecule has 1 aromatic heterocycles. The van der Waals surface area contributed by atoms with E-state index in [-0.39, 0.29) is 11.9 Å². The zero-order chi connectivity index (χ0) is 14.0. The van der Waals surface area contributed by atoms with Crippen LogP contribution in [0.1, 0.15) is 39.5 Å². The summed E-state index contributed by atoms with van der Waals surface area (Å²) in [5, 5.41) is 3.39. The zero-order valence-corrected chi connectivity index (χ0v) is 12.0. The topological polar surface area (TPSA) is 68.0 Å². The van der Waals surface area contributed by atoms with Gasteiger partial charge in [0.05, 0.1) is 11.7 Å². The summed E-state index contributed by atoms with van der Waals surface area (Å²) in [7, 11) is 0. The number of carbonyl (C=O) groups excluding carboxylic acids is 1. The molecular weight excluding hydrogens is 258 g/mol. The minimum Gasteiger partial charge on any atom is -0.375 e. The van der Waals surface area contributed by atoms with Crippen molar-refractivity contribution in [1.82, 2.24) is 10.3 Å². The van der Waals surface area contributed by atoms with Gasteiger partial charge in [0, 0.05) is 0 Å². The lowest BCUT2D eigenvalue weighted by Gasteiger charge is -2.14. The summed E-state index contributed by atoms with van der Waals surface area (Å²) in [6.07, 6.45) is 0. The van der Waals surface area contributed by atoms with Gasteiger partial charge in [-0.25, -0.2) is 4.98 Å². The highest BCUT2D eigenvalue weighted by Crippen LogP contribution is 2.21. The summed E-state index contributed by atoms with van der Waals surface area (Å²) >= 11 is 1.22. The molecule has 0 aliphatic heterocycles. The summed E-state index contributed by atoms with van der Waals surface area (Å²) in [6.45, 7) is 5.79. The standard InChI is InChI=1S/C14H17N3OS/c1-8-5-4-6-11(7-8)9(2)16-13(18)12-10(3)17-14(15)19-12/h4-7,9H,1-3H3,(H2,15,17)(H,16,18)/t9-/m0/s1. The van der Waals surface area contributed by atoms with E-state index in [9.17, 15) is 4.79 Å². The predicted octanol–water partition coefficient (Wildman–Crippen LogP) is 2.83. The lowest BCUT2D eigenvalue weighted by atomic mass is 10.1. The van der Waals surface area contributed by atoms with Gasteiger partial charge < -0.3 is 11.1 Å². The van der Waals surface area contributed by atoms with Crippen molar-refractivity contribution in [2.75, 3.05) is 5.73 Å². The van der Waals surface area contributed by atoms with Crippen molar-refractivity contribution in [3.63, 3.8) is 0 Å². The molecule has 5 heteroatoms. The highest BCUT2D eigenvalue weighted by atomic mass is 32.1. The van der Waals surface area contributed by atoms with Crippen LogP contribution < -0.4 is 11.1 Å². The minimum atomic E-state index is -0.124. The SMILES string of the molecule is Cc1cccc([C@H](C)NC(=O)c2sc(N)nc2C)c1. The van der Waals surface area contributed by atoms with Crippen molar-refractivity contribution < 1.29 is 4.79 Å². The third-order valence-corrected chi connectivity index (χ3v) is 3.89. The predicted molar refractivity (Wildman–Crippen MR) is 78.3 cm³/mol. The smallest absolute Gasteiger partial charge is 0.263 e. The molecule has 0 saturated heterocycles. The van der Waals surface area contributed by atoms with E-state index < -0.39 is 0 Å². The lowest BCUT2D eigenvalue weighted by molar-refractivity contribution is 0.0943. The lowest BCUT2D eigenvalue weighted by Crippen LogP contribution is -2.26. The zero-order valence-electron chi connectivity index (χ0n) is 11.2.